The van der Waals surface area contributed by atoms with E-state index in [4.69, 9.17) is 4.74 Å². The van der Waals surface area contributed by atoms with E-state index in [1.54, 1.807) is 17.8 Å². The Balaban J connectivity index is 1.51. The zero-order chi connectivity index (χ0) is 16.2. The van der Waals surface area contributed by atoms with Gasteiger partial charge in [-0.25, -0.2) is 4.39 Å². The van der Waals surface area contributed by atoms with E-state index < -0.39 is 0 Å². The Hall–Kier alpha value is -1.31. The molecular weight excluding hydrogens is 317 g/mol. The highest BCUT2D eigenvalue weighted by Gasteiger charge is 2.29. The number of methoxy groups -OCH3 is 1. The number of hydrogen-bond donors (Lipinski definition) is 1. The van der Waals surface area contributed by atoms with Crippen LogP contribution in [0.2, 0.25) is 0 Å². The lowest BCUT2D eigenvalue weighted by Crippen LogP contribution is -2.53. The summed E-state index contributed by atoms with van der Waals surface area (Å²) in [5.74, 6) is 1.88. The number of nitrogens with zero attached hydrogens (tertiary/aromatic N) is 2. The normalized spacial score (nSPS) is 22.3. The van der Waals surface area contributed by atoms with Gasteiger partial charge in [-0.1, -0.05) is 6.07 Å². The number of hydrogen-bond acceptors (Lipinski definition) is 5. The number of ether oxygens (including phenoxy) is 1. The van der Waals surface area contributed by atoms with Crippen LogP contribution >= 0.6 is 11.8 Å². The molecule has 0 aliphatic carbocycles. The molecule has 2 aliphatic heterocycles. The SMILES string of the molecule is COc1ccc(CN2CCN(C(=O)[C@@H]3CSCN3)CC2)cc1F. The van der Waals surface area contributed by atoms with Gasteiger partial charge in [-0.3, -0.25) is 15.0 Å². The Morgan fingerprint density at radius 2 is 2.17 bits per heavy atom. The van der Waals surface area contributed by atoms with Crippen LogP contribution in [0.5, 0.6) is 5.75 Å². The monoisotopic (exact) mass is 339 g/mol. The molecule has 7 heteroatoms. The summed E-state index contributed by atoms with van der Waals surface area (Å²) in [7, 11) is 1.46. The van der Waals surface area contributed by atoms with Gasteiger partial charge in [0.2, 0.25) is 5.91 Å². The molecule has 2 fully saturated rings. The van der Waals surface area contributed by atoms with Crippen LogP contribution < -0.4 is 10.1 Å². The summed E-state index contributed by atoms with van der Waals surface area (Å²) in [6.45, 7) is 3.81. The van der Waals surface area contributed by atoms with Gasteiger partial charge in [0.25, 0.3) is 0 Å². The van der Waals surface area contributed by atoms with Crippen LogP contribution in [0.4, 0.5) is 4.39 Å². The van der Waals surface area contributed by atoms with Crippen LogP contribution in [0.15, 0.2) is 18.2 Å². The van der Waals surface area contributed by atoms with Crippen molar-refractivity contribution < 1.29 is 13.9 Å². The van der Waals surface area contributed by atoms with Crippen LogP contribution in [0.1, 0.15) is 5.56 Å². The number of amides is 1. The Morgan fingerprint density at radius 1 is 1.39 bits per heavy atom. The van der Waals surface area contributed by atoms with E-state index >= 15 is 0 Å². The average molecular weight is 339 g/mol. The highest BCUT2D eigenvalue weighted by atomic mass is 32.2. The van der Waals surface area contributed by atoms with Gasteiger partial charge < -0.3 is 9.64 Å². The molecule has 0 saturated carbocycles. The molecular formula is C16H22FN3O2S. The zero-order valence-corrected chi connectivity index (χ0v) is 14.1. The van der Waals surface area contributed by atoms with Crippen molar-refractivity contribution >= 4 is 17.7 Å². The number of nitrogens with one attached hydrogen (secondary N) is 1. The van der Waals surface area contributed by atoms with E-state index in [1.807, 2.05) is 11.0 Å². The number of carbonyl (C=O) groups is 1. The number of halogens is 1. The number of piperazine rings is 1. The lowest BCUT2D eigenvalue weighted by atomic mass is 10.1. The second-order valence-electron chi connectivity index (χ2n) is 5.84. The van der Waals surface area contributed by atoms with E-state index in [9.17, 15) is 9.18 Å². The van der Waals surface area contributed by atoms with Crippen molar-refractivity contribution in [2.75, 3.05) is 44.9 Å². The molecule has 2 heterocycles. The molecule has 2 aliphatic rings. The summed E-state index contributed by atoms with van der Waals surface area (Å²) in [5.41, 5.74) is 0.928. The Kier molecular flexibility index (Phi) is 5.40. The van der Waals surface area contributed by atoms with Gasteiger partial charge >= 0.3 is 0 Å². The van der Waals surface area contributed by atoms with Crippen LogP contribution in [0.25, 0.3) is 0 Å². The average Bonchev–Trinajstić information content (AvgIpc) is 3.09. The smallest absolute Gasteiger partial charge is 0.240 e. The van der Waals surface area contributed by atoms with Gasteiger partial charge in [0.15, 0.2) is 11.6 Å². The minimum atomic E-state index is -0.330. The molecule has 2 saturated heterocycles. The van der Waals surface area contributed by atoms with Gasteiger partial charge in [-0.15, -0.1) is 11.8 Å². The first-order chi connectivity index (χ1) is 11.2. The molecule has 126 valence electrons. The number of thioether (sulfide) groups is 1. The molecule has 0 unspecified atom stereocenters. The van der Waals surface area contributed by atoms with Crippen molar-refractivity contribution in [2.45, 2.75) is 12.6 Å². The fraction of sp³-hybridized carbons (Fsp3) is 0.562. The molecule has 1 aromatic rings. The van der Waals surface area contributed by atoms with Crippen molar-refractivity contribution in [1.82, 2.24) is 15.1 Å². The summed E-state index contributed by atoms with van der Waals surface area (Å²) in [6.07, 6.45) is 0. The maximum atomic E-state index is 13.7. The number of benzene rings is 1. The predicted octanol–water partition coefficient (Wildman–Crippen LogP) is 1.14. The Bertz CT molecular complexity index is 558. The molecule has 0 spiro atoms. The van der Waals surface area contributed by atoms with E-state index in [0.717, 1.165) is 43.4 Å². The highest BCUT2D eigenvalue weighted by Crippen LogP contribution is 2.19. The number of rotatable bonds is 4. The van der Waals surface area contributed by atoms with Gasteiger partial charge in [0, 0.05) is 44.4 Å². The largest absolute Gasteiger partial charge is 0.494 e. The van der Waals surface area contributed by atoms with Crippen molar-refractivity contribution in [1.29, 1.82) is 0 Å². The van der Waals surface area contributed by atoms with Crippen LogP contribution in [-0.4, -0.2) is 66.7 Å². The van der Waals surface area contributed by atoms with E-state index in [1.165, 1.54) is 13.2 Å². The number of carbonyl (C=O) groups excluding carboxylic acids is 1. The molecule has 1 atom stereocenters. The maximum absolute atomic E-state index is 13.7. The standard InChI is InChI=1S/C16H22FN3O2S/c1-22-15-3-2-12(8-13(15)17)9-19-4-6-20(7-5-19)16(21)14-10-23-11-18-14/h2-3,8,14,18H,4-7,9-11H2,1H3/t14-/m0/s1. The second-order valence-corrected chi connectivity index (χ2v) is 6.87. The maximum Gasteiger partial charge on any atom is 0.240 e. The highest BCUT2D eigenvalue weighted by molar-refractivity contribution is 7.99. The summed E-state index contributed by atoms with van der Waals surface area (Å²) in [5, 5.41) is 3.23. The fourth-order valence-corrected chi connectivity index (χ4v) is 3.90. The van der Waals surface area contributed by atoms with Gasteiger partial charge in [-0.05, 0) is 17.7 Å². The minimum Gasteiger partial charge on any atom is -0.494 e. The second kappa shape index (κ2) is 7.51. The van der Waals surface area contributed by atoms with Crippen LogP contribution in [-0.2, 0) is 11.3 Å². The first-order valence-electron chi connectivity index (χ1n) is 7.82. The summed E-state index contributed by atoms with van der Waals surface area (Å²) < 4.78 is 18.7. The Morgan fingerprint density at radius 3 is 2.78 bits per heavy atom. The van der Waals surface area contributed by atoms with E-state index in [2.05, 4.69) is 10.2 Å². The third kappa shape index (κ3) is 3.97. The fourth-order valence-electron chi connectivity index (χ4n) is 2.97. The minimum absolute atomic E-state index is 0.0257. The van der Waals surface area contributed by atoms with Crippen molar-refractivity contribution in [2.24, 2.45) is 0 Å². The molecule has 0 bridgehead atoms. The van der Waals surface area contributed by atoms with Crippen molar-refractivity contribution in [3.63, 3.8) is 0 Å². The Labute approximate surface area is 140 Å². The molecule has 0 aromatic heterocycles. The lowest BCUT2D eigenvalue weighted by Gasteiger charge is -2.35. The molecule has 0 radical (unpaired) electrons. The molecule has 3 rings (SSSR count). The van der Waals surface area contributed by atoms with Gasteiger partial charge in [-0.2, -0.15) is 0 Å². The molecule has 1 aromatic carbocycles. The zero-order valence-electron chi connectivity index (χ0n) is 13.3. The summed E-state index contributed by atoms with van der Waals surface area (Å²) >= 11 is 1.77. The van der Waals surface area contributed by atoms with Crippen LogP contribution in [0, 0.1) is 5.82 Å². The van der Waals surface area contributed by atoms with E-state index in [-0.39, 0.29) is 23.5 Å². The van der Waals surface area contributed by atoms with Crippen molar-refractivity contribution in [3.05, 3.63) is 29.6 Å². The molecule has 1 N–H and O–H groups in total. The third-order valence-electron chi connectivity index (χ3n) is 4.32. The molecule has 23 heavy (non-hydrogen) atoms. The third-order valence-corrected chi connectivity index (χ3v) is 5.26. The first-order valence-corrected chi connectivity index (χ1v) is 8.97. The van der Waals surface area contributed by atoms with Gasteiger partial charge in [0.05, 0.1) is 13.2 Å². The topological polar surface area (TPSA) is 44.8 Å². The first kappa shape index (κ1) is 16.5. The quantitative estimate of drug-likeness (QED) is 0.891. The predicted molar refractivity (Wildman–Crippen MR) is 89.1 cm³/mol. The van der Waals surface area contributed by atoms with Gasteiger partial charge in [0.1, 0.15) is 0 Å². The lowest BCUT2D eigenvalue weighted by molar-refractivity contribution is -0.134. The van der Waals surface area contributed by atoms with E-state index in [0.29, 0.717) is 6.54 Å². The molecule has 5 nitrogen and oxygen atoms in total. The summed E-state index contributed by atoms with van der Waals surface area (Å²) in [6, 6.07) is 5.05. The summed E-state index contributed by atoms with van der Waals surface area (Å²) in [4.78, 5) is 16.5. The molecule has 1 amide bonds. The van der Waals surface area contributed by atoms with Crippen molar-refractivity contribution in [3.8, 4) is 5.75 Å². The van der Waals surface area contributed by atoms with Crippen LogP contribution in [0.3, 0.4) is 0 Å².